The Morgan fingerprint density at radius 3 is 2.80 bits per heavy atom. The van der Waals surface area contributed by atoms with Crippen molar-refractivity contribution in [1.29, 1.82) is 5.26 Å². The molecule has 1 unspecified atom stereocenters. The summed E-state index contributed by atoms with van der Waals surface area (Å²) in [5.41, 5.74) is -0.340. The number of hydrogen-bond donors (Lipinski definition) is 3. The van der Waals surface area contributed by atoms with E-state index in [2.05, 4.69) is 15.6 Å². The van der Waals surface area contributed by atoms with Crippen molar-refractivity contribution in [2.45, 2.75) is 26.0 Å². The summed E-state index contributed by atoms with van der Waals surface area (Å²) in [5, 5.41) is 27.4. The van der Waals surface area contributed by atoms with Gasteiger partial charge in [0.25, 0.3) is 0 Å². The molecule has 0 aliphatic rings. The molecule has 0 amide bonds. The van der Waals surface area contributed by atoms with E-state index in [1.807, 2.05) is 30.5 Å². The molecule has 5 nitrogen and oxygen atoms in total. The Bertz CT molecular complexity index is 766. The van der Waals surface area contributed by atoms with Crippen LogP contribution in [0.1, 0.15) is 29.9 Å². The van der Waals surface area contributed by atoms with Gasteiger partial charge in [-0.15, -0.1) is 11.3 Å². The molecule has 1 aromatic heterocycles. The highest BCUT2D eigenvalue weighted by Gasteiger charge is 2.24. The first-order valence-corrected chi connectivity index (χ1v) is 8.81. The average molecular weight is 360 g/mol. The maximum Gasteiger partial charge on any atom is 0.191 e. The van der Waals surface area contributed by atoms with Crippen molar-refractivity contribution in [3.8, 4) is 6.07 Å². The number of benzene rings is 1. The molecule has 0 radical (unpaired) electrons. The third-order valence-corrected chi connectivity index (χ3v) is 4.71. The van der Waals surface area contributed by atoms with E-state index in [1.54, 1.807) is 19.1 Å². The van der Waals surface area contributed by atoms with Gasteiger partial charge in [-0.05, 0) is 37.4 Å². The van der Waals surface area contributed by atoms with Crippen LogP contribution in [0.3, 0.4) is 0 Å². The first-order valence-electron chi connectivity index (χ1n) is 7.93. The number of guanidine groups is 1. The summed E-state index contributed by atoms with van der Waals surface area (Å²) in [6, 6.07) is 10.00. The van der Waals surface area contributed by atoms with Crippen molar-refractivity contribution in [1.82, 2.24) is 10.6 Å². The van der Waals surface area contributed by atoms with Gasteiger partial charge in [-0.3, -0.25) is 0 Å². The van der Waals surface area contributed by atoms with Crippen LogP contribution in [0.15, 0.2) is 40.7 Å². The van der Waals surface area contributed by atoms with Gasteiger partial charge < -0.3 is 15.7 Å². The highest BCUT2D eigenvalue weighted by molar-refractivity contribution is 7.10. The van der Waals surface area contributed by atoms with Gasteiger partial charge in [-0.1, -0.05) is 12.1 Å². The minimum Gasteiger partial charge on any atom is -0.383 e. The van der Waals surface area contributed by atoms with E-state index in [0.717, 1.165) is 4.88 Å². The molecule has 0 fully saturated rings. The van der Waals surface area contributed by atoms with E-state index in [-0.39, 0.29) is 18.7 Å². The number of aliphatic imine (C=N–C) groups is 1. The van der Waals surface area contributed by atoms with E-state index < -0.39 is 11.4 Å². The largest absolute Gasteiger partial charge is 0.383 e. The van der Waals surface area contributed by atoms with Crippen LogP contribution in [0, 0.1) is 17.1 Å². The molecule has 1 atom stereocenters. The first-order chi connectivity index (χ1) is 12.0. The molecule has 7 heteroatoms. The predicted octanol–water partition coefficient (Wildman–Crippen LogP) is 2.72. The van der Waals surface area contributed by atoms with Crippen molar-refractivity contribution < 1.29 is 9.50 Å². The maximum atomic E-state index is 13.9. The van der Waals surface area contributed by atoms with Gasteiger partial charge in [0, 0.05) is 17.0 Å². The Morgan fingerprint density at radius 2 is 2.20 bits per heavy atom. The fourth-order valence-electron chi connectivity index (χ4n) is 2.18. The molecule has 2 rings (SSSR count). The number of nitrogens with one attached hydrogen (secondary N) is 2. The predicted molar refractivity (Wildman–Crippen MR) is 97.8 cm³/mol. The van der Waals surface area contributed by atoms with Crippen LogP contribution in [0.2, 0.25) is 0 Å². The van der Waals surface area contributed by atoms with Gasteiger partial charge in [0.15, 0.2) is 5.96 Å². The lowest BCUT2D eigenvalue weighted by Gasteiger charge is -2.23. The van der Waals surface area contributed by atoms with Gasteiger partial charge in [0.2, 0.25) is 0 Å². The molecule has 1 heterocycles. The highest BCUT2D eigenvalue weighted by Crippen LogP contribution is 2.24. The van der Waals surface area contributed by atoms with E-state index in [9.17, 15) is 9.50 Å². The lowest BCUT2D eigenvalue weighted by atomic mass is 10.1. The molecule has 0 aliphatic heterocycles. The number of halogens is 1. The van der Waals surface area contributed by atoms with Crippen LogP contribution in [-0.4, -0.2) is 24.2 Å². The number of aliphatic hydroxyl groups is 1. The Kier molecular flexibility index (Phi) is 6.51. The van der Waals surface area contributed by atoms with E-state index >= 15 is 0 Å². The number of rotatable bonds is 6. The van der Waals surface area contributed by atoms with Crippen LogP contribution in [0.25, 0.3) is 0 Å². The molecule has 0 spiro atoms. The van der Waals surface area contributed by atoms with Crippen molar-refractivity contribution in [2.75, 3.05) is 13.1 Å². The van der Waals surface area contributed by atoms with Gasteiger partial charge in [0.1, 0.15) is 11.4 Å². The number of nitriles is 1. The molecule has 3 N–H and O–H groups in total. The third kappa shape index (κ3) is 5.28. The monoisotopic (exact) mass is 360 g/mol. The standard InChI is InChI=1S/C18H21FN4OS/c1-3-21-17(23-12-18(2,24)16-5-4-8-25-16)22-11-14-7-6-13(10-20)9-15(14)19/h4-9,24H,3,11-12H2,1-2H3,(H2,21,22,23). The Labute approximate surface area is 150 Å². The van der Waals surface area contributed by atoms with Gasteiger partial charge in [0.05, 0.1) is 24.7 Å². The number of thiophene rings is 1. The molecular weight excluding hydrogens is 339 g/mol. The lowest BCUT2D eigenvalue weighted by molar-refractivity contribution is 0.0655. The van der Waals surface area contributed by atoms with Gasteiger partial charge in [-0.25, -0.2) is 9.38 Å². The summed E-state index contributed by atoms with van der Waals surface area (Å²) >= 11 is 1.48. The smallest absolute Gasteiger partial charge is 0.191 e. The van der Waals surface area contributed by atoms with Crippen molar-refractivity contribution >= 4 is 17.3 Å². The Morgan fingerprint density at radius 1 is 1.40 bits per heavy atom. The quantitative estimate of drug-likeness (QED) is 0.547. The fraction of sp³-hybridized carbons (Fsp3) is 0.333. The van der Waals surface area contributed by atoms with Crippen LogP contribution in [0.5, 0.6) is 0 Å². The number of nitrogens with zero attached hydrogens (tertiary/aromatic N) is 2. The lowest BCUT2D eigenvalue weighted by Crippen LogP contribution is -2.44. The molecule has 1 aromatic carbocycles. The molecular formula is C18H21FN4OS. The van der Waals surface area contributed by atoms with E-state index in [1.165, 1.54) is 17.4 Å². The van der Waals surface area contributed by atoms with Crippen molar-refractivity contribution in [3.05, 3.63) is 57.5 Å². The van der Waals surface area contributed by atoms with Crippen LogP contribution >= 0.6 is 11.3 Å². The zero-order chi connectivity index (χ0) is 18.3. The van der Waals surface area contributed by atoms with E-state index in [0.29, 0.717) is 18.1 Å². The molecule has 0 bridgehead atoms. The summed E-state index contributed by atoms with van der Waals surface area (Å²) in [6.07, 6.45) is 0. The minimum absolute atomic E-state index is 0.133. The van der Waals surface area contributed by atoms with Crippen LogP contribution in [0.4, 0.5) is 4.39 Å². The van der Waals surface area contributed by atoms with Crippen LogP contribution in [-0.2, 0) is 12.1 Å². The zero-order valence-corrected chi connectivity index (χ0v) is 15.0. The van der Waals surface area contributed by atoms with Gasteiger partial charge in [-0.2, -0.15) is 5.26 Å². The topological polar surface area (TPSA) is 80.4 Å². The Hall–Kier alpha value is -2.43. The van der Waals surface area contributed by atoms with E-state index in [4.69, 9.17) is 5.26 Å². The molecule has 0 saturated carbocycles. The van der Waals surface area contributed by atoms with Crippen LogP contribution < -0.4 is 10.6 Å². The average Bonchev–Trinajstić information content (AvgIpc) is 3.13. The maximum absolute atomic E-state index is 13.9. The fourth-order valence-corrected chi connectivity index (χ4v) is 2.97. The van der Waals surface area contributed by atoms with Crippen molar-refractivity contribution in [2.24, 2.45) is 4.99 Å². The number of hydrogen-bond acceptors (Lipinski definition) is 4. The summed E-state index contributed by atoms with van der Waals surface area (Å²) in [6.45, 7) is 4.71. The zero-order valence-electron chi connectivity index (χ0n) is 14.2. The second-order valence-corrected chi connectivity index (χ2v) is 6.67. The second-order valence-electron chi connectivity index (χ2n) is 5.72. The third-order valence-electron chi connectivity index (χ3n) is 3.59. The van der Waals surface area contributed by atoms with Crippen molar-refractivity contribution in [3.63, 3.8) is 0 Å². The summed E-state index contributed by atoms with van der Waals surface area (Å²) in [4.78, 5) is 5.20. The highest BCUT2D eigenvalue weighted by atomic mass is 32.1. The molecule has 25 heavy (non-hydrogen) atoms. The summed E-state index contributed by atoms with van der Waals surface area (Å²) in [7, 11) is 0. The normalized spacial score (nSPS) is 13.8. The molecule has 0 aliphatic carbocycles. The summed E-state index contributed by atoms with van der Waals surface area (Å²) < 4.78 is 13.9. The molecule has 0 saturated heterocycles. The second kappa shape index (κ2) is 8.60. The van der Waals surface area contributed by atoms with Gasteiger partial charge >= 0.3 is 0 Å². The SMILES string of the molecule is CCNC(=NCc1ccc(C#N)cc1F)NCC(C)(O)c1cccs1. The minimum atomic E-state index is -1.02. The molecule has 2 aromatic rings. The molecule has 132 valence electrons. The Balaban J connectivity index is 2.05. The summed E-state index contributed by atoms with van der Waals surface area (Å²) in [5.74, 6) is 0.0346. The first kappa shape index (κ1) is 18.9.